The van der Waals surface area contributed by atoms with Crippen molar-refractivity contribution in [3.05, 3.63) is 52.8 Å². The maximum absolute atomic E-state index is 14.0. The first-order valence-electron chi connectivity index (χ1n) is 9.20. The summed E-state index contributed by atoms with van der Waals surface area (Å²) < 4.78 is 47.1. The molecular weight excluding hydrogens is 419 g/mol. The largest absolute Gasteiger partial charge is 0.495 e. The molecule has 1 unspecified atom stereocenters. The molecule has 0 aromatic heterocycles. The van der Waals surface area contributed by atoms with E-state index in [1.807, 2.05) is 6.92 Å². The molecule has 29 heavy (non-hydrogen) atoms. The lowest BCUT2D eigenvalue weighted by Gasteiger charge is -2.32. The van der Waals surface area contributed by atoms with E-state index in [2.05, 4.69) is 5.32 Å². The number of sulfonamides is 1. The van der Waals surface area contributed by atoms with Crippen molar-refractivity contribution < 1.29 is 22.3 Å². The molecule has 1 atom stereocenters. The summed E-state index contributed by atoms with van der Waals surface area (Å²) in [5.74, 6) is -1.18. The molecule has 0 saturated carbocycles. The van der Waals surface area contributed by atoms with Crippen LogP contribution in [-0.4, -0.2) is 38.3 Å². The molecular formula is C20H22ClFN2O4S. The number of benzene rings is 2. The number of ether oxygens (including phenoxy) is 1. The monoisotopic (exact) mass is 440 g/mol. The minimum Gasteiger partial charge on any atom is -0.495 e. The average Bonchev–Trinajstić information content (AvgIpc) is 2.69. The van der Waals surface area contributed by atoms with Gasteiger partial charge in [-0.25, -0.2) is 12.8 Å². The number of amides is 1. The maximum atomic E-state index is 14.0. The smallest absolute Gasteiger partial charge is 0.255 e. The number of nitrogens with one attached hydrogen (secondary N) is 1. The zero-order chi connectivity index (χ0) is 21.2. The van der Waals surface area contributed by atoms with Crippen molar-refractivity contribution in [2.75, 3.05) is 19.0 Å². The van der Waals surface area contributed by atoms with E-state index in [1.54, 1.807) is 0 Å². The second-order valence-electron chi connectivity index (χ2n) is 6.90. The fourth-order valence-electron chi connectivity index (χ4n) is 3.36. The Kier molecular flexibility index (Phi) is 6.45. The molecule has 156 valence electrons. The summed E-state index contributed by atoms with van der Waals surface area (Å²) >= 11 is 5.72. The lowest BCUT2D eigenvalue weighted by molar-refractivity contribution is 0.102. The Labute approximate surface area is 174 Å². The van der Waals surface area contributed by atoms with Gasteiger partial charge in [0.15, 0.2) is 0 Å². The van der Waals surface area contributed by atoms with Crippen LogP contribution < -0.4 is 10.1 Å². The number of nitrogens with zero attached hydrogens (tertiary/aromatic N) is 1. The van der Waals surface area contributed by atoms with E-state index in [4.69, 9.17) is 16.3 Å². The predicted molar refractivity (Wildman–Crippen MR) is 110 cm³/mol. The third-order valence-electron chi connectivity index (χ3n) is 4.93. The standard InChI is InChI=1S/C20H22ClFN2O4S/c1-13-5-3-4-10-24(13)29(26,27)19-11-14(6-9-18(19)28-2)20(25)23-17-8-7-15(21)12-16(17)22/h6-9,11-13H,3-5,10H2,1-2H3,(H,23,25). The first kappa shape index (κ1) is 21.5. The Hall–Kier alpha value is -2.16. The van der Waals surface area contributed by atoms with Crippen LogP contribution in [0.2, 0.25) is 5.02 Å². The molecule has 1 heterocycles. The summed E-state index contributed by atoms with van der Waals surface area (Å²) in [5, 5.41) is 2.64. The van der Waals surface area contributed by atoms with E-state index >= 15 is 0 Å². The minimum absolute atomic E-state index is 0.0516. The van der Waals surface area contributed by atoms with Crippen molar-refractivity contribution in [3.8, 4) is 5.75 Å². The quantitative estimate of drug-likeness (QED) is 0.751. The van der Waals surface area contributed by atoms with Gasteiger partial charge in [-0.15, -0.1) is 0 Å². The van der Waals surface area contributed by atoms with Crippen LogP contribution in [0.3, 0.4) is 0 Å². The number of anilines is 1. The van der Waals surface area contributed by atoms with E-state index in [1.165, 1.54) is 41.7 Å². The highest BCUT2D eigenvalue weighted by Gasteiger charge is 2.33. The van der Waals surface area contributed by atoms with Gasteiger partial charge in [0.25, 0.3) is 5.91 Å². The van der Waals surface area contributed by atoms with Crippen LogP contribution >= 0.6 is 11.6 Å². The number of halogens is 2. The molecule has 2 aromatic rings. The lowest BCUT2D eigenvalue weighted by Crippen LogP contribution is -2.42. The van der Waals surface area contributed by atoms with Gasteiger partial charge in [0, 0.05) is 23.2 Å². The molecule has 0 radical (unpaired) electrons. The number of hydrogen-bond acceptors (Lipinski definition) is 4. The second kappa shape index (κ2) is 8.69. The van der Waals surface area contributed by atoms with Crippen molar-refractivity contribution in [1.29, 1.82) is 0 Å². The molecule has 1 N–H and O–H groups in total. The molecule has 1 saturated heterocycles. The van der Waals surface area contributed by atoms with Gasteiger partial charge in [-0.2, -0.15) is 4.31 Å². The number of carbonyl (C=O) groups is 1. The van der Waals surface area contributed by atoms with Crippen molar-refractivity contribution >= 4 is 33.2 Å². The molecule has 0 spiro atoms. The highest BCUT2D eigenvalue weighted by Crippen LogP contribution is 2.32. The summed E-state index contributed by atoms with van der Waals surface area (Å²) in [5.41, 5.74) is 0.0210. The van der Waals surface area contributed by atoms with Gasteiger partial charge < -0.3 is 10.1 Å². The van der Waals surface area contributed by atoms with Gasteiger partial charge in [0.1, 0.15) is 16.5 Å². The topological polar surface area (TPSA) is 75.7 Å². The molecule has 6 nitrogen and oxygen atoms in total. The van der Waals surface area contributed by atoms with Crippen molar-refractivity contribution in [2.45, 2.75) is 37.1 Å². The van der Waals surface area contributed by atoms with E-state index in [-0.39, 0.29) is 33.0 Å². The third kappa shape index (κ3) is 4.55. The minimum atomic E-state index is -3.86. The van der Waals surface area contributed by atoms with Crippen LogP contribution in [0.1, 0.15) is 36.5 Å². The van der Waals surface area contributed by atoms with Crippen LogP contribution in [-0.2, 0) is 10.0 Å². The van der Waals surface area contributed by atoms with Crippen LogP contribution in [0.4, 0.5) is 10.1 Å². The maximum Gasteiger partial charge on any atom is 0.255 e. The van der Waals surface area contributed by atoms with Crippen molar-refractivity contribution in [2.24, 2.45) is 0 Å². The first-order chi connectivity index (χ1) is 13.7. The predicted octanol–water partition coefficient (Wildman–Crippen LogP) is 4.30. The van der Waals surface area contributed by atoms with Crippen molar-refractivity contribution in [1.82, 2.24) is 4.31 Å². The van der Waals surface area contributed by atoms with Gasteiger partial charge in [-0.3, -0.25) is 4.79 Å². The fourth-order valence-corrected chi connectivity index (χ4v) is 5.40. The Morgan fingerprint density at radius 1 is 1.24 bits per heavy atom. The normalized spacial score (nSPS) is 17.7. The number of methoxy groups -OCH3 is 1. The summed E-state index contributed by atoms with van der Waals surface area (Å²) in [6.45, 7) is 2.28. The Bertz CT molecular complexity index is 1030. The molecule has 1 fully saturated rings. The molecule has 1 aliphatic heterocycles. The highest BCUT2D eigenvalue weighted by atomic mass is 35.5. The van der Waals surface area contributed by atoms with E-state index in [9.17, 15) is 17.6 Å². The molecule has 9 heteroatoms. The summed E-state index contributed by atoms with van der Waals surface area (Å²) in [6, 6.07) is 7.85. The van der Waals surface area contributed by atoms with Gasteiger partial charge >= 0.3 is 0 Å². The van der Waals surface area contributed by atoms with Gasteiger partial charge in [0.2, 0.25) is 10.0 Å². The summed E-state index contributed by atoms with van der Waals surface area (Å²) in [4.78, 5) is 12.5. The zero-order valence-corrected chi connectivity index (χ0v) is 17.7. The summed E-state index contributed by atoms with van der Waals surface area (Å²) in [6.07, 6.45) is 2.53. The molecule has 2 aromatic carbocycles. The first-order valence-corrected chi connectivity index (χ1v) is 11.0. The lowest BCUT2D eigenvalue weighted by atomic mass is 10.1. The Balaban J connectivity index is 1.95. The SMILES string of the molecule is COc1ccc(C(=O)Nc2ccc(Cl)cc2F)cc1S(=O)(=O)N1CCCCC1C. The Morgan fingerprint density at radius 3 is 2.66 bits per heavy atom. The molecule has 1 aliphatic rings. The number of hydrogen-bond donors (Lipinski definition) is 1. The van der Waals surface area contributed by atoms with Crippen molar-refractivity contribution in [3.63, 3.8) is 0 Å². The number of piperidine rings is 1. The van der Waals surface area contributed by atoms with Gasteiger partial charge in [0.05, 0.1) is 12.8 Å². The average molecular weight is 441 g/mol. The van der Waals surface area contributed by atoms with Crippen LogP contribution in [0.15, 0.2) is 41.3 Å². The second-order valence-corrected chi connectivity index (χ2v) is 9.20. The van der Waals surface area contributed by atoms with Crippen LogP contribution in [0.25, 0.3) is 0 Å². The number of carbonyl (C=O) groups excluding carboxylic acids is 1. The molecule has 0 bridgehead atoms. The number of rotatable bonds is 5. The van der Waals surface area contributed by atoms with E-state index in [0.29, 0.717) is 6.54 Å². The van der Waals surface area contributed by atoms with Crippen LogP contribution in [0, 0.1) is 5.82 Å². The third-order valence-corrected chi connectivity index (χ3v) is 7.20. The van der Waals surface area contributed by atoms with Crippen LogP contribution in [0.5, 0.6) is 5.75 Å². The molecule has 3 rings (SSSR count). The highest BCUT2D eigenvalue weighted by molar-refractivity contribution is 7.89. The van der Waals surface area contributed by atoms with Gasteiger partial charge in [-0.05, 0) is 56.2 Å². The zero-order valence-electron chi connectivity index (χ0n) is 16.1. The molecule has 0 aliphatic carbocycles. The van der Waals surface area contributed by atoms with E-state index in [0.717, 1.165) is 25.3 Å². The fraction of sp³-hybridized carbons (Fsp3) is 0.350. The van der Waals surface area contributed by atoms with E-state index < -0.39 is 21.7 Å². The Morgan fingerprint density at radius 2 is 2.00 bits per heavy atom. The van der Waals surface area contributed by atoms with Gasteiger partial charge in [-0.1, -0.05) is 18.0 Å². The summed E-state index contributed by atoms with van der Waals surface area (Å²) in [7, 11) is -2.49. The molecule has 1 amide bonds.